The van der Waals surface area contributed by atoms with Crippen LogP contribution in [0.15, 0.2) is 54.7 Å². The van der Waals surface area contributed by atoms with E-state index in [0.717, 1.165) is 52.6 Å². The van der Waals surface area contributed by atoms with Crippen LogP contribution in [0.2, 0.25) is 0 Å². The van der Waals surface area contributed by atoms with Gasteiger partial charge in [0.1, 0.15) is 11.3 Å². The molecule has 7 nitrogen and oxygen atoms in total. The Morgan fingerprint density at radius 1 is 0.886 bits per heavy atom. The predicted molar refractivity (Wildman–Crippen MR) is 140 cm³/mol. The Morgan fingerprint density at radius 2 is 1.51 bits per heavy atom. The van der Waals surface area contributed by atoms with E-state index in [9.17, 15) is 4.79 Å². The Hall–Kier alpha value is -3.71. The number of benzene rings is 2. The molecule has 0 radical (unpaired) electrons. The number of fused-ring (bicyclic) bond motifs is 1. The van der Waals surface area contributed by atoms with E-state index < -0.39 is 0 Å². The van der Waals surface area contributed by atoms with Crippen LogP contribution in [0.3, 0.4) is 0 Å². The van der Waals surface area contributed by atoms with Crippen molar-refractivity contribution in [2.24, 2.45) is 0 Å². The SMILES string of the molecule is Cc1cc(C)cc(NC(=O)N2CCN(Cc3nc4cccnc4n3-c3cc(C)cc(C)c3)CC2)c1. The lowest BCUT2D eigenvalue weighted by atomic mass is 10.1. The average molecular weight is 469 g/mol. The lowest BCUT2D eigenvalue weighted by Gasteiger charge is -2.34. The summed E-state index contributed by atoms with van der Waals surface area (Å²) < 4.78 is 2.18. The van der Waals surface area contributed by atoms with Gasteiger partial charge in [-0.15, -0.1) is 0 Å². The van der Waals surface area contributed by atoms with Gasteiger partial charge >= 0.3 is 6.03 Å². The first kappa shape index (κ1) is 23.1. The molecule has 0 unspecified atom stereocenters. The first-order valence-corrected chi connectivity index (χ1v) is 12.1. The predicted octanol–water partition coefficient (Wildman–Crippen LogP) is 5.00. The number of hydrogen-bond donors (Lipinski definition) is 1. The smallest absolute Gasteiger partial charge is 0.321 e. The number of imidazole rings is 1. The Morgan fingerprint density at radius 3 is 2.17 bits per heavy atom. The third-order valence-electron chi connectivity index (χ3n) is 6.45. The molecule has 0 bridgehead atoms. The first-order chi connectivity index (χ1) is 16.9. The number of amides is 2. The number of hydrogen-bond acceptors (Lipinski definition) is 4. The molecule has 0 spiro atoms. The molecule has 5 rings (SSSR count). The molecule has 1 aliphatic heterocycles. The summed E-state index contributed by atoms with van der Waals surface area (Å²) in [5, 5.41) is 3.06. The van der Waals surface area contributed by atoms with Crippen molar-refractivity contribution in [1.82, 2.24) is 24.3 Å². The Bertz CT molecular complexity index is 1340. The molecule has 0 atom stereocenters. The summed E-state index contributed by atoms with van der Waals surface area (Å²) in [6.07, 6.45) is 1.82. The van der Waals surface area contributed by atoms with Gasteiger partial charge in [-0.25, -0.2) is 14.8 Å². The molecular formula is C28H32N6O. The van der Waals surface area contributed by atoms with Crippen LogP contribution in [0.25, 0.3) is 16.9 Å². The van der Waals surface area contributed by atoms with Crippen LogP contribution in [-0.2, 0) is 6.54 Å². The fraction of sp³-hybridized carbons (Fsp3) is 0.321. The normalized spacial score (nSPS) is 14.5. The molecule has 0 saturated carbocycles. The van der Waals surface area contributed by atoms with Crippen molar-refractivity contribution in [2.45, 2.75) is 34.2 Å². The van der Waals surface area contributed by atoms with E-state index >= 15 is 0 Å². The minimum atomic E-state index is -0.0404. The van der Waals surface area contributed by atoms with Gasteiger partial charge in [0, 0.05) is 43.8 Å². The molecule has 1 aliphatic rings. The number of aryl methyl sites for hydroxylation is 4. The van der Waals surface area contributed by atoms with Gasteiger partial charge in [-0.3, -0.25) is 9.47 Å². The van der Waals surface area contributed by atoms with Gasteiger partial charge in [0.2, 0.25) is 0 Å². The summed E-state index contributed by atoms with van der Waals surface area (Å²) in [6, 6.07) is 16.6. The molecule has 0 aliphatic carbocycles. The number of urea groups is 1. The van der Waals surface area contributed by atoms with Crippen LogP contribution >= 0.6 is 0 Å². The van der Waals surface area contributed by atoms with Gasteiger partial charge in [0.15, 0.2) is 5.65 Å². The van der Waals surface area contributed by atoms with Crippen molar-refractivity contribution in [2.75, 3.05) is 31.5 Å². The van der Waals surface area contributed by atoms with Crippen molar-refractivity contribution in [3.63, 3.8) is 0 Å². The number of pyridine rings is 1. The van der Waals surface area contributed by atoms with Gasteiger partial charge < -0.3 is 10.2 Å². The number of nitrogens with one attached hydrogen (secondary N) is 1. The molecule has 1 fully saturated rings. The highest BCUT2D eigenvalue weighted by molar-refractivity contribution is 5.89. The molecule has 4 aromatic rings. The van der Waals surface area contributed by atoms with Gasteiger partial charge in [-0.05, 0) is 86.3 Å². The number of anilines is 1. The largest absolute Gasteiger partial charge is 0.322 e. The van der Waals surface area contributed by atoms with Crippen LogP contribution in [0.5, 0.6) is 0 Å². The maximum Gasteiger partial charge on any atom is 0.321 e. The molecule has 1 N–H and O–H groups in total. The minimum absolute atomic E-state index is 0.0404. The molecule has 1 saturated heterocycles. The summed E-state index contributed by atoms with van der Waals surface area (Å²) in [7, 11) is 0. The quantitative estimate of drug-likeness (QED) is 0.458. The Balaban J connectivity index is 1.31. The van der Waals surface area contributed by atoms with Crippen molar-refractivity contribution >= 4 is 22.9 Å². The second kappa shape index (κ2) is 9.50. The van der Waals surface area contributed by atoms with E-state index in [1.165, 1.54) is 11.1 Å². The van der Waals surface area contributed by atoms with Crippen LogP contribution < -0.4 is 5.32 Å². The topological polar surface area (TPSA) is 66.3 Å². The van der Waals surface area contributed by atoms with Gasteiger partial charge in [0.05, 0.1) is 6.54 Å². The highest BCUT2D eigenvalue weighted by atomic mass is 16.2. The van der Waals surface area contributed by atoms with Crippen molar-refractivity contribution < 1.29 is 4.79 Å². The van der Waals surface area contributed by atoms with E-state index in [2.05, 4.69) is 57.9 Å². The monoisotopic (exact) mass is 468 g/mol. The zero-order valence-electron chi connectivity index (χ0n) is 20.9. The lowest BCUT2D eigenvalue weighted by Crippen LogP contribution is -2.49. The number of nitrogens with zero attached hydrogens (tertiary/aromatic N) is 5. The second-order valence-electron chi connectivity index (χ2n) is 9.63. The summed E-state index contributed by atoms with van der Waals surface area (Å²) in [5.74, 6) is 0.969. The third-order valence-corrected chi connectivity index (χ3v) is 6.45. The van der Waals surface area contributed by atoms with Crippen molar-refractivity contribution in [1.29, 1.82) is 0 Å². The summed E-state index contributed by atoms with van der Waals surface area (Å²) in [6.45, 7) is 12.0. The Kier molecular flexibility index (Phi) is 6.26. The zero-order chi connectivity index (χ0) is 24.5. The highest BCUT2D eigenvalue weighted by Crippen LogP contribution is 2.23. The maximum atomic E-state index is 12.8. The first-order valence-electron chi connectivity index (χ1n) is 12.1. The molecular weight excluding hydrogens is 436 g/mol. The molecule has 2 aromatic carbocycles. The summed E-state index contributed by atoms with van der Waals surface area (Å²) in [5.41, 5.74) is 8.43. The second-order valence-corrected chi connectivity index (χ2v) is 9.63. The Labute approximate surface area is 206 Å². The lowest BCUT2D eigenvalue weighted by molar-refractivity contribution is 0.140. The highest BCUT2D eigenvalue weighted by Gasteiger charge is 2.24. The zero-order valence-corrected chi connectivity index (χ0v) is 20.9. The van der Waals surface area contributed by atoms with Crippen molar-refractivity contribution in [3.05, 3.63) is 82.8 Å². The van der Waals surface area contributed by atoms with Gasteiger partial charge in [-0.1, -0.05) is 12.1 Å². The molecule has 180 valence electrons. The number of carbonyl (C=O) groups is 1. The van der Waals surface area contributed by atoms with Gasteiger partial charge in [-0.2, -0.15) is 0 Å². The van der Waals surface area contributed by atoms with Gasteiger partial charge in [0.25, 0.3) is 0 Å². The van der Waals surface area contributed by atoms with Crippen LogP contribution in [0.4, 0.5) is 10.5 Å². The standard InChI is InChI=1S/C28H32N6O/c1-19-12-20(2)15-23(14-19)30-28(35)33-10-8-32(9-11-33)18-26-31-25-6-5-7-29-27(25)34(26)24-16-21(3)13-22(4)17-24/h5-7,12-17H,8-11,18H2,1-4H3,(H,30,35). The number of piperazine rings is 1. The summed E-state index contributed by atoms with van der Waals surface area (Å²) >= 11 is 0. The van der Waals surface area contributed by atoms with E-state index in [-0.39, 0.29) is 6.03 Å². The molecule has 35 heavy (non-hydrogen) atoms. The fourth-order valence-corrected chi connectivity index (χ4v) is 4.97. The van der Waals surface area contributed by atoms with Crippen molar-refractivity contribution in [3.8, 4) is 5.69 Å². The third kappa shape index (κ3) is 5.05. The molecule has 2 amide bonds. The van der Waals surface area contributed by atoms with E-state index in [1.54, 1.807) is 0 Å². The van der Waals surface area contributed by atoms with E-state index in [1.807, 2.05) is 49.2 Å². The average Bonchev–Trinajstić information content (AvgIpc) is 3.16. The number of carbonyl (C=O) groups excluding carboxylic acids is 1. The van der Waals surface area contributed by atoms with Crippen LogP contribution in [0, 0.1) is 27.7 Å². The summed E-state index contributed by atoms with van der Waals surface area (Å²) in [4.78, 5) is 26.7. The minimum Gasteiger partial charge on any atom is -0.322 e. The van der Waals surface area contributed by atoms with E-state index in [4.69, 9.17) is 4.98 Å². The van der Waals surface area contributed by atoms with E-state index in [0.29, 0.717) is 19.6 Å². The molecule has 2 aromatic heterocycles. The fourth-order valence-electron chi connectivity index (χ4n) is 4.97. The van der Waals surface area contributed by atoms with Crippen LogP contribution in [-0.4, -0.2) is 56.5 Å². The maximum absolute atomic E-state index is 12.8. The molecule has 7 heteroatoms. The number of aromatic nitrogens is 3. The number of rotatable bonds is 4. The van der Waals surface area contributed by atoms with Crippen LogP contribution in [0.1, 0.15) is 28.1 Å². The molecule has 3 heterocycles.